The zero-order valence-electron chi connectivity index (χ0n) is 12.4. The molecule has 0 heterocycles. The van der Waals surface area contributed by atoms with Gasteiger partial charge in [-0.2, -0.15) is 0 Å². The van der Waals surface area contributed by atoms with Crippen LogP contribution in [0.25, 0.3) is 0 Å². The number of carbonyl (C=O) groups is 1. The fourth-order valence-corrected chi connectivity index (χ4v) is 2.24. The van der Waals surface area contributed by atoms with Crippen LogP contribution in [-0.2, 0) is 10.2 Å². The summed E-state index contributed by atoms with van der Waals surface area (Å²) in [5, 5.41) is 9.39. The van der Waals surface area contributed by atoms with Crippen LogP contribution in [0.5, 0.6) is 11.5 Å². The number of hydrogen-bond acceptors (Lipinski definition) is 3. The van der Waals surface area contributed by atoms with Gasteiger partial charge in [-0.05, 0) is 35.4 Å². The van der Waals surface area contributed by atoms with Crippen molar-refractivity contribution in [2.45, 2.75) is 25.7 Å². The zero-order valence-corrected chi connectivity index (χ0v) is 12.4. The van der Waals surface area contributed by atoms with Gasteiger partial charge in [0, 0.05) is 11.8 Å². The lowest BCUT2D eigenvalue weighted by atomic mass is 9.78. The number of phenols is 1. The van der Waals surface area contributed by atoms with E-state index in [1.807, 2.05) is 36.4 Å². The van der Waals surface area contributed by atoms with Crippen molar-refractivity contribution >= 4 is 6.29 Å². The van der Waals surface area contributed by atoms with Crippen LogP contribution in [0, 0.1) is 0 Å². The van der Waals surface area contributed by atoms with Crippen LogP contribution in [0.15, 0.2) is 48.5 Å². The van der Waals surface area contributed by atoms with Gasteiger partial charge in [-0.3, -0.25) is 0 Å². The number of aldehydes is 1. The highest BCUT2D eigenvalue weighted by Crippen LogP contribution is 2.33. The Kier molecular flexibility index (Phi) is 4.63. The Bertz CT molecular complexity index is 583. The smallest absolute Gasteiger partial charge is 0.123 e. The maximum Gasteiger partial charge on any atom is 0.123 e. The average Bonchev–Trinajstić information content (AvgIpc) is 2.48. The van der Waals surface area contributed by atoms with Crippen molar-refractivity contribution < 1.29 is 14.6 Å². The minimum Gasteiger partial charge on any atom is -0.508 e. The summed E-state index contributed by atoms with van der Waals surface area (Å²) in [4.78, 5) is 10.3. The van der Waals surface area contributed by atoms with Crippen molar-refractivity contribution in [3.8, 4) is 11.5 Å². The highest BCUT2D eigenvalue weighted by molar-refractivity contribution is 5.49. The molecule has 0 bridgehead atoms. The summed E-state index contributed by atoms with van der Waals surface area (Å²) < 4.78 is 5.47. The molecule has 0 fully saturated rings. The minimum atomic E-state index is -0.158. The number of hydrogen-bond donors (Lipinski definition) is 1. The Balaban J connectivity index is 2.16. The summed E-state index contributed by atoms with van der Waals surface area (Å²) >= 11 is 0. The van der Waals surface area contributed by atoms with E-state index in [9.17, 15) is 9.90 Å². The Morgan fingerprint density at radius 2 is 1.52 bits per heavy atom. The summed E-state index contributed by atoms with van der Waals surface area (Å²) in [5.41, 5.74) is 2.14. The molecule has 0 atom stereocenters. The first kappa shape index (κ1) is 15.1. The van der Waals surface area contributed by atoms with Gasteiger partial charge in [0.05, 0.1) is 6.61 Å². The van der Waals surface area contributed by atoms with Crippen molar-refractivity contribution in [2.75, 3.05) is 6.61 Å². The van der Waals surface area contributed by atoms with E-state index < -0.39 is 0 Å². The predicted octanol–water partition coefficient (Wildman–Crippen LogP) is 3.69. The van der Waals surface area contributed by atoms with E-state index >= 15 is 0 Å². The third-order valence-electron chi connectivity index (χ3n) is 3.67. The first-order valence-electron chi connectivity index (χ1n) is 7.00. The van der Waals surface area contributed by atoms with Crippen molar-refractivity contribution in [1.82, 2.24) is 0 Å². The number of phenolic OH excluding ortho intramolecular Hbond substituents is 1. The van der Waals surface area contributed by atoms with Crippen LogP contribution >= 0.6 is 0 Å². The van der Waals surface area contributed by atoms with Crippen molar-refractivity contribution in [1.29, 1.82) is 0 Å². The third-order valence-corrected chi connectivity index (χ3v) is 3.67. The molecule has 110 valence electrons. The van der Waals surface area contributed by atoms with Crippen LogP contribution in [0.3, 0.4) is 0 Å². The number of benzene rings is 2. The molecule has 0 spiro atoms. The van der Waals surface area contributed by atoms with Crippen LogP contribution < -0.4 is 4.74 Å². The molecule has 0 aliphatic rings. The number of carbonyl (C=O) groups excluding carboxylic acids is 1. The molecule has 1 N–H and O–H groups in total. The molecule has 0 aliphatic carbocycles. The summed E-state index contributed by atoms with van der Waals surface area (Å²) in [6, 6.07) is 15.2. The molecule has 0 aromatic heterocycles. The normalized spacial score (nSPS) is 11.1. The molecule has 0 saturated carbocycles. The fraction of sp³-hybridized carbons (Fsp3) is 0.278. The fourth-order valence-electron chi connectivity index (χ4n) is 2.24. The highest BCUT2D eigenvalue weighted by Gasteiger charge is 2.22. The van der Waals surface area contributed by atoms with E-state index in [-0.39, 0.29) is 11.2 Å². The van der Waals surface area contributed by atoms with Gasteiger partial charge in [-0.15, -0.1) is 0 Å². The van der Waals surface area contributed by atoms with Gasteiger partial charge in [0.1, 0.15) is 17.8 Å². The van der Waals surface area contributed by atoms with Gasteiger partial charge in [0.25, 0.3) is 0 Å². The summed E-state index contributed by atoms with van der Waals surface area (Å²) in [7, 11) is 0. The minimum absolute atomic E-state index is 0.158. The van der Waals surface area contributed by atoms with Crippen molar-refractivity contribution in [3.05, 3.63) is 59.7 Å². The second-order valence-corrected chi connectivity index (χ2v) is 5.50. The van der Waals surface area contributed by atoms with Gasteiger partial charge < -0.3 is 14.6 Å². The molecular weight excluding hydrogens is 264 g/mol. The zero-order chi connectivity index (χ0) is 15.3. The van der Waals surface area contributed by atoms with E-state index in [0.717, 1.165) is 23.2 Å². The van der Waals surface area contributed by atoms with E-state index in [1.165, 1.54) is 0 Å². The lowest BCUT2D eigenvalue weighted by Crippen LogP contribution is -2.18. The lowest BCUT2D eigenvalue weighted by Gasteiger charge is -2.26. The number of rotatable bonds is 6. The first-order chi connectivity index (χ1) is 10.0. The SMILES string of the molecule is CC(C)(c1ccc(O)cc1)c1ccc(OCCC=O)cc1. The second kappa shape index (κ2) is 6.44. The van der Waals surface area contributed by atoms with Gasteiger partial charge >= 0.3 is 0 Å². The molecule has 3 heteroatoms. The molecule has 0 aliphatic heterocycles. The third kappa shape index (κ3) is 3.63. The quantitative estimate of drug-likeness (QED) is 0.650. The Hall–Kier alpha value is -2.29. The van der Waals surface area contributed by atoms with E-state index in [2.05, 4.69) is 13.8 Å². The molecule has 0 unspecified atom stereocenters. The standard InChI is InChI=1S/C18H20O3/c1-18(2,14-4-8-16(20)9-5-14)15-6-10-17(11-7-15)21-13-3-12-19/h4-12,20H,3,13H2,1-2H3. The average molecular weight is 284 g/mol. The molecule has 0 amide bonds. The molecule has 2 aromatic rings. The first-order valence-corrected chi connectivity index (χ1v) is 7.00. The Labute approximate surface area is 125 Å². The van der Waals surface area contributed by atoms with Gasteiger partial charge in [-0.1, -0.05) is 38.1 Å². The summed E-state index contributed by atoms with van der Waals surface area (Å²) in [5.74, 6) is 1.04. The molecule has 0 radical (unpaired) electrons. The molecule has 2 rings (SSSR count). The molecule has 3 nitrogen and oxygen atoms in total. The maximum absolute atomic E-state index is 10.3. The predicted molar refractivity (Wildman–Crippen MR) is 82.9 cm³/mol. The molecular formula is C18H20O3. The van der Waals surface area contributed by atoms with Gasteiger partial charge in [-0.25, -0.2) is 0 Å². The number of ether oxygens (including phenoxy) is 1. The molecule has 21 heavy (non-hydrogen) atoms. The topological polar surface area (TPSA) is 46.5 Å². The van der Waals surface area contributed by atoms with Crippen molar-refractivity contribution in [2.24, 2.45) is 0 Å². The van der Waals surface area contributed by atoms with E-state index in [4.69, 9.17) is 4.74 Å². The van der Waals surface area contributed by atoms with Crippen LogP contribution in [0.1, 0.15) is 31.4 Å². The lowest BCUT2D eigenvalue weighted by molar-refractivity contribution is -0.108. The summed E-state index contributed by atoms with van der Waals surface area (Å²) in [6.45, 7) is 4.69. The van der Waals surface area contributed by atoms with Crippen LogP contribution in [-0.4, -0.2) is 18.0 Å². The number of aromatic hydroxyl groups is 1. The second-order valence-electron chi connectivity index (χ2n) is 5.50. The monoisotopic (exact) mass is 284 g/mol. The Morgan fingerprint density at radius 3 is 2.05 bits per heavy atom. The largest absolute Gasteiger partial charge is 0.508 e. The highest BCUT2D eigenvalue weighted by atomic mass is 16.5. The van der Waals surface area contributed by atoms with E-state index in [1.54, 1.807) is 12.1 Å². The van der Waals surface area contributed by atoms with Gasteiger partial charge in [0.15, 0.2) is 0 Å². The maximum atomic E-state index is 10.3. The Morgan fingerprint density at radius 1 is 1.00 bits per heavy atom. The molecule has 0 saturated heterocycles. The van der Waals surface area contributed by atoms with Gasteiger partial charge in [0.2, 0.25) is 0 Å². The van der Waals surface area contributed by atoms with Crippen LogP contribution in [0.2, 0.25) is 0 Å². The van der Waals surface area contributed by atoms with Crippen LogP contribution in [0.4, 0.5) is 0 Å². The van der Waals surface area contributed by atoms with E-state index in [0.29, 0.717) is 13.0 Å². The molecule has 2 aromatic carbocycles. The summed E-state index contributed by atoms with van der Waals surface area (Å²) in [6.07, 6.45) is 1.25. The van der Waals surface area contributed by atoms with Crippen molar-refractivity contribution in [3.63, 3.8) is 0 Å².